The molecule has 1 unspecified atom stereocenters. The van der Waals surface area contributed by atoms with E-state index in [1.54, 1.807) is 0 Å². The van der Waals surface area contributed by atoms with E-state index in [1.165, 1.54) is 69.3 Å². The van der Waals surface area contributed by atoms with Gasteiger partial charge in [0.2, 0.25) is 0 Å². The SMILES string of the molecule is CC1(C)C(=O)C(C#N)=C[C@]2(C)C3=CC4=N[C@]45C4C[C@@](C)(N6CCCC6)CC[C@]4(C)CC[C@@]5(C)[C@]3(C)CC[C@@H]12. The summed E-state index contributed by atoms with van der Waals surface area (Å²) >= 11 is 0. The summed E-state index contributed by atoms with van der Waals surface area (Å²) in [5.41, 5.74) is 3.07. The van der Waals surface area contributed by atoms with E-state index in [9.17, 15) is 10.1 Å². The Bertz CT molecular complexity index is 1280. The van der Waals surface area contributed by atoms with Gasteiger partial charge < -0.3 is 0 Å². The molecule has 1 saturated heterocycles. The molecule has 7 rings (SSSR count). The van der Waals surface area contributed by atoms with Crippen molar-refractivity contribution < 1.29 is 4.79 Å². The molecule has 0 aromatic carbocycles. The number of nitrogens with zero attached hydrogens (tertiary/aromatic N) is 3. The predicted molar refractivity (Wildman–Crippen MR) is 152 cm³/mol. The highest BCUT2D eigenvalue weighted by atomic mass is 16.1. The van der Waals surface area contributed by atoms with Crippen LogP contribution in [0.4, 0.5) is 0 Å². The highest BCUT2D eigenvalue weighted by Crippen LogP contribution is 2.79. The Hall–Kier alpha value is -1.73. The van der Waals surface area contributed by atoms with Crippen LogP contribution in [-0.2, 0) is 4.79 Å². The number of aliphatic imine (C=N–C) groups is 1. The summed E-state index contributed by atoms with van der Waals surface area (Å²) in [6.07, 6.45) is 15.8. The van der Waals surface area contributed by atoms with Crippen LogP contribution in [0.15, 0.2) is 28.3 Å². The van der Waals surface area contributed by atoms with Gasteiger partial charge in [-0.2, -0.15) is 5.26 Å². The lowest BCUT2D eigenvalue weighted by molar-refractivity contribution is -0.141. The number of carbonyl (C=O) groups excluding carboxylic acids is 1. The standard InChI is InChI=1S/C34H47N3O/c1-28(2)23-10-11-32(6)24(31(23,5)19-22(21-35)27(28)38)18-26-34(36-26)25-20-30(4,37-16-8-9-17-37)14-12-29(25,3)13-15-33(32,34)7/h18-19,23,25H,8-17,20H2,1-7H3/t23-,25?,29+,30-,31-,32+,33-,34+/m0/s1. The summed E-state index contributed by atoms with van der Waals surface area (Å²) in [5, 5.41) is 9.97. The third-order valence-corrected chi connectivity index (χ3v) is 14.4. The van der Waals surface area contributed by atoms with Crippen LogP contribution in [0.25, 0.3) is 0 Å². The molecule has 0 aromatic rings. The average molecular weight is 514 g/mol. The van der Waals surface area contributed by atoms with Crippen LogP contribution < -0.4 is 0 Å². The highest BCUT2D eigenvalue weighted by molar-refractivity contribution is 6.16. The lowest BCUT2D eigenvalue weighted by Crippen LogP contribution is -2.69. The molecule has 2 heterocycles. The van der Waals surface area contributed by atoms with Crippen LogP contribution in [-0.4, -0.2) is 40.6 Å². The summed E-state index contributed by atoms with van der Waals surface area (Å²) in [6.45, 7) is 19.3. The van der Waals surface area contributed by atoms with Gasteiger partial charge in [-0.15, -0.1) is 0 Å². The maximum absolute atomic E-state index is 13.3. The van der Waals surface area contributed by atoms with E-state index in [0.717, 1.165) is 12.8 Å². The topological polar surface area (TPSA) is 56.5 Å². The Balaban J connectivity index is 1.36. The van der Waals surface area contributed by atoms with E-state index in [-0.39, 0.29) is 33.5 Å². The van der Waals surface area contributed by atoms with Gasteiger partial charge in [0.15, 0.2) is 5.78 Å². The minimum Gasteiger partial charge on any atom is -0.298 e. The maximum atomic E-state index is 13.3. The zero-order chi connectivity index (χ0) is 27.1. The molecule has 7 aliphatic rings. The van der Waals surface area contributed by atoms with E-state index < -0.39 is 5.41 Å². The van der Waals surface area contributed by atoms with E-state index in [4.69, 9.17) is 4.99 Å². The number of fused-ring (bicyclic) bond motifs is 5. The molecule has 2 aliphatic heterocycles. The Morgan fingerprint density at radius 2 is 1.63 bits per heavy atom. The van der Waals surface area contributed by atoms with Crippen LogP contribution in [0.3, 0.4) is 0 Å². The number of hydrogen-bond acceptors (Lipinski definition) is 4. The Morgan fingerprint density at radius 1 is 0.947 bits per heavy atom. The van der Waals surface area contributed by atoms with Crippen molar-refractivity contribution >= 4 is 11.5 Å². The van der Waals surface area contributed by atoms with Gasteiger partial charge in [-0.25, -0.2) is 0 Å². The highest BCUT2D eigenvalue weighted by Gasteiger charge is 2.78. The van der Waals surface area contributed by atoms with Crippen molar-refractivity contribution in [3.63, 3.8) is 0 Å². The van der Waals surface area contributed by atoms with Crippen molar-refractivity contribution in [2.24, 2.45) is 43.9 Å². The fourth-order valence-corrected chi connectivity index (χ4v) is 11.7. The molecule has 8 atom stereocenters. The molecule has 0 radical (unpaired) electrons. The molecule has 204 valence electrons. The molecule has 3 saturated carbocycles. The van der Waals surface area contributed by atoms with Gasteiger partial charge in [0.05, 0.1) is 11.3 Å². The number of likely N-dealkylation sites (tertiary alicyclic amines) is 1. The molecule has 5 aliphatic carbocycles. The molecule has 38 heavy (non-hydrogen) atoms. The minimum atomic E-state index is -0.524. The number of rotatable bonds is 1. The van der Waals surface area contributed by atoms with Crippen molar-refractivity contribution in [3.8, 4) is 6.07 Å². The Labute approximate surface area is 230 Å². The first kappa shape index (κ1) is 25.3. The molecular formula is C34H47N3O. The van der Waals surface area contributed by atoms with Crippen LogP contribution >= 0.6 is 0 Å². The lowest BCUT2D eigenvalue weighted by Gasteiger charge is -2.69. The van der Waals surface area contributed by atoms with Gasteiger partial charge in [-0.1, -0.05) is 53.2 Å². The van der Waals surface area contributed by atoms with Crippen molar-refractivity contribution in [3.05, 3.63) is 23.3 Å². The molecule has 4 heteroatoms. The second-order valence-electron chi connectivity index (χ2n) is 16.2. The molecule has 0 aromatic heterocycles. The monoisotopic (exact) mass is 513 g/mol. The number of nitriles is 1. The van der Waals surface area contributed by atoms with Crippen molar-refractivity contribution in [1.82, 2.24) is 4.90 Å². The molecular weight excluding hydrogens is 466 g/mol. The normalized spacial score (nSPS) is 52.7. The number of allylic oxidation sites excluding steroid dienone is 3. The van der Waals surface area contributed by atoms with Gasteiger partial charge in [-0.3, -0.25) is 14.7 Å². The average Bonchev–Trinajstić information content (AvgIpc) is 3.31. The summed E-state index contributed by atoms with van der Waals surface area (Å²) < 4.78 is 0. The van der Waals surface area contributed by atoms with Crippen LogP contribution in [0.5, 0.6) is 0 Å². The summed E-state index contributed by atoms with van der Waals surface area (Å²) in [7, 11) is 0. The summed E-state index contributed by atoms with van der Waals surface area (Å²) in [5.74, 6) is 0.845. The van der Waals surface area contributed by atoms with Gasteiger partial charge in [0.1, 0.15) is 11.6 Å². The van der Waals surface area contributed by atoms with Crippen LogP contribution in [0.1, 0.15) is 106 Å². The third kappa shape index (κ3) is 2.62. The fourth-order valence-electron chi connectivity index (χ4n) is 11.7. The van der Waals surface area contributed by atoms with Crippen LogP contribution in [0, 0.1) is 50.2 Å². The fraction of sp³-hybridized carbons (Fsp3) is 0.794. The first-order chi connectivity index (χ1) is 17.7. The van der Waals surface area contributed by atoms with E-state index >= 15 is 0 Å². The predicted octanol–water partition coefficient (Wildman–Crippen LogP) is 7.06. The zero-order valence-electron chi connectivity index (χ0n) is 24.8. The van der Waals surface area contributed by atoms with E-state index in [2.05, 4.69) is 71.6 Å². The molecule has 1 spiro atoms. The summed E-state index contributed by atoms with van der Waals surface area (Å²) in [6, 6.07) is 2.29. The molecule has 0 N–H and O–H groups in total. The van der Waals surface area contributed by atoms with Crippen LogP contribution in [0.2, 0.25) is 0 Å². The van der Waals surface area contributed by atoms with E-state index in [1.807, 2.05) is 0 Å². The van der Waals surface area contributed by atoms with Crippen molar-refractivity contribution in [1.29, 1.82) is 5.26 Å². The maximum Gasteiger partial charge on any atom is 0.178 e. The molecule has 0 bridgehead atoms. The smallest absolute Gasteiger partial charge is 0.178 e. The number of Topliss-reactive ketones (excluding diaryl/α,β-unsaturated/α-hetero) is 1. The number of carbonyl (C=O) groups is 1. The number of ketones is 1. The van der Waals surface area contributed by atoms with Crippen molar-refractivity contribution in [2.45, 2.75) is 117 Å². The molecule has 4 nitrogen and oxygen atoms in total. The quantitative estimate of drug-likeness (QED) is 0.377. The minimum absolute atomic E-state index is 0.0120. The lowest BCUT2D eigenvalue weighted by atomic mass is 9.34. The first-order valence-corrected chi connectivity index (χ1v) is 15.5. The molecule has 0 amide bonds. The largest absolute Gasteiger partial charge is 0.298 e. The zero-order valence-corrected chi connectivity index (χ0v) is 24.8. The van der Waals surface area contributed by atoms with Gasteiger partial charge in [0.25, 0.3) is 0 Å². The first-order valence-electron chi connectivity index (χ1n) is 15.5. The Kier molecular flexibility index (Phi) is 4.73. The second-order valence-corrected chi connectivity index (χ2v) is 16.2. The second kappa shape index (κ2) is 7.12. The van der Waals surface area contributed by atoms with E-state index in [0.29, 0.717) is 22.4 Å². The van der Waals surface area contributed by atoms with Gasteiger partial charge in [-0.05, 0) is 107 Å². The van der Waals surface area contributed by atoms with Gasteiger partial charge in [0, 0.05) is 21.8 Å². The van der Waals surface area contributed by atoms with Gasteiger partial charge >= 0.3 is 0 Å². The number of hydrogen-bond donors (Lipinski definition) is 0. The van der Waals surface area contributed by atoms with Crippen molar-refractivity contribution in [2.75, 3.05) is 13.1 Å². The molecule has 4 fully saturated rings. The third-order valence-electron chi connectivity index (χ3n) is 14.4. The Morgan fingerprint density at radius 3 is 2.32 bits per heavy atom. The summed E-state index contributed by atoms with van der Waals surface area (Å²) in [4.78, 5) is 21.7.